The molecule has 1 aromatic rings. The first-order chi connectivity index (χ1) is 7.75. The summed E-state index contributed by atoms with van der Waals surface area (Å²) >= 11 is 3.49. The highest BCUT2D eigenvalue weighted by Crippen LogP contribution is 2.18. The zero-order valence-corrected chi connectivity index (χ0v) is 11.4. The lowest BCUT2D eigenvalue weighted by molar-refractivity contribution is 0.321. The molecule has 2 rings (SSSR count). The van der Waals surface area contributed by atoms with E-state index in [1.54, 1.807) is 0 Å². The highest BCUT2D eigenvalue weighted by molar-refractivity contribution is 9.09. The molecule has 0 bridgehead atoms. The monoisotopic (exact) mass is 286 g/mol. The summed E-state index contributed by atoms with van der Waals surface area (Å²) in [5, 5.41) is 8.24. The summed E-state index contributed by atoms with van der Waals surface area (Å²) in [6.07, 6.45) is 5.94. The fourth-order valence-electron chi connectivity index (χ4n) is 2.07. The first-order valence-electron chi connectivity index (χ1n) is 6.02. The van der Waals surface area contributed by atoms with E-state index < -0.39 is 0 Å². The fourth-order valence-corrected chi connectivity index (χ4v) is 2.28. The van der Waals surface area contributed by atoms with Crippen LogP contribution in [0.1, 0.15) is 36.7 Å². The highest BCUT2D eigenvalue weighted by Gasteiger charge is 2.11. The van der Waals surface area contributed by atoms with E-state index in [-0.39, 0.29) is 0 Å². The maximum absolute atomic E-state index is 4.12. The summed E-state index contributed by atoms with van der Waals surface area (Å²) in [6, 6.07) is 0. The van der Waals surface area contributed by atoms with Gasteiger partial charge < -0.3 is 4.90 Å². The van der Waals surface area contributed by atoms with Gasteiger partial charge in [0.05, 0.1) is 10.5 Å². The van der Waals surface area contributed by atoms with Crippen molar-refractivity contribution >= 4 is 15.9 Å². The van der Waals surface area contributed by atoms with Gasteiger partial charge in [-0.05, 0) is 45.8 Å². The number of aromatic nitrogens is 3. The smallest absolute Gasteiger partial charge is 0.0960 e. The molecule has 0 saturated carbocycles. The maximum Gasteiger partial charge on any atom is 0.0960 e. The molecule has 1 unspecified atom stereocenters. The average Bonchev–Trinajstić information content (AvgIpc) is 2.87. The van der Waals surface area contributed by atoms with Gasteiger partial charge in [0.1, 0.15) is 0 Å². The summed E-state index contributed by atoms with van der Waals surface area (Å²) in [6.45, 7) is 6.79. The number of halogens is 1. The van der Waals surface area contributed by atoms with Gasteiger partial charge in [0.25, 0.3) is 0 Å². The molecule has 0 N–H and O–H groups in total. The van der Waals surface area contributed by atoms with Crippen molar-refractivity contribution in [3.8, 4) is 0 Å². The molecule has 0 amide bonds. The zero-order valence-electron chi connectivity index (χ0n) is 9.77. The molecule has 1 fully saturated rings. The summed E-state index contributed by atoms with van der Waals surface area (Å²) in [5.74, 6) is 0. The molecule has 16 heavy (non-hydrogen) atoms. The maximum atomic E-state index is 4.12. The molecule has 1 aliphatic heterocycles. The third kappa shape index (κ3) is 3.28. The van der Waals surface area contributed by atoms with Crippen molar-refractivity contribution in [2.24, 2.45) is 0 Å². The Morgan fingerprint density at radius 1 is 1.38 bits per heavy atom. The van der Waals surface area contributed by atoms with Crippen molar-refractivity contribution in [1.82, 2.24) is 19.9 Å². The second-order valence-corrected chi connectivity index (χ2v) is 5.80. The van der Waals surface area contributed by atoms with Gasteiger partial charge in [-0.15, -0.1) is 5.10 Å². The fraction of sp³-hybridized carbons (Fsp3) is 0.818. The van der Waals surface area contributed by atoms with Crippen LogP contribution < -0.4 is 0 Å². The Bertz CT molecular complexity index is 318. The van der Waals surface area contributed by atoms with E-state index in [1.807, 2.05) is 10.9 Å². The van der Waals surface area contributed by atoms with E-state index in [0.29, 0.717) is 4.83 Å². The summed E-state index contributed by atoms with van der Waals surface area (Å²) < 4.78 is 1.95. The number of aryl methyl sites for hydroxylation is 1. The largest absolute Gasteiger partial charge is 0.303 e. The van der Waals surface area contributed by atoms with E-state index in [1.165, 1.54) is 38.9 Å². The van der Waals surface area contributed by atoms with Crippen LogP contribution in [0.2, 0.25) is 0 Å². The van der Waals surface area contributed by atoms with E-state index in [4.69, 9.17) is 0 Å². The predicted octanol–water partition coefficient (Wildman–Crippen LogP) is 2.22. The molecular formula is C11H19BrN4. The Morgan fingerprint density at radius 3 is 2.75 bits per heavy atom. The Morgan fingerprint density at radius 2 is 2.12 bits per heavy atom. The molecule has 2 heterocycles. The molecule has 4 nitrogen and oxygen atoms in total. The quantitative estimate of drug-likeness (QED) is 0.779. The zero-order chi connectivity index (χ0) is 11.4. The van der Waals surface area contributed by atoms with Crippen LogP contribution in [0.4, 0.5) is 0 Å². The molecule has 0 aliphatic carbocycles. The minimum absolute atomic E-state index is 0.292. The first-order valence-corrected chi connectivity index (χ1v) is 6.94. The van der Waals surface area contributed by atoms with E-state index in [9.17, 15) is 0 Å². The van der Waals surface area contributed by atoms with Crippen LogP contribution in [0.25, 0.3) is 0 Å². The highest BCUT2D eigenvalue weighted by atomic mass is 79.9. The lowest BCUT2D eigenvalue weighted by atomic mass is 10.3. The van der Waals surface area contributed by atoms with Gasteiger partial charge in [0, 0.05) is 12.7 Å². The summed E-state index contributed by atoms with van der Waals surface area (Å²) in [5.41, 5.74) is 1.01. The van der Waals surface area contributed by atoms with Gasteiger partial charge in [0.15, 0.2) is 0 Å². The van der Waals surface area contributed by atoms with Gasteiger partial charge in [-0.3, -0.25) is 4.68 Å². The second kappa shape index (κ2) is 5.77. The number of likely N-dealkylation sites (tertiary alicyclic amines) is 1. The number of rotatable bonds is 5. The Hall–Kier alpha value is -0.420. The molecule has 1 atom stereocenters. The number of hydrogen-bond donors (Lipinski definition) is 0. The topological polar surface area (TPSA) is 34.0 Å². The van der Waals surface area contributed by atoms with Crippen molar-refractivity contribution in [1.29, 1.82) is 0 Å². The molecule has 1 saturated heterocycles. The van der Waals surface area contributed by atoms with E-state index in [2.05, 4.69) is 38.1 Å². The van der Waals surface area contributed by atoms with Crippen molar-refractivity contribution in [2.45, 2.75) is 37.6 Å². The van der Waals surface area contributed by atoms with Crippen molar-refractivity contribution < 1.29 is 0 Å². The van der Waals surface area contributed by atoms with Crippen LogP contribution in [0, 0.1) is 0 Å². The third-order valence-electron chi connectivity index (χ3n) is 3.02. The van der Waals surface area contributed by atoms with Crippen molar-refractivity contribution in [2.75, 3.05) is 19.6 Å². The molecule has 1 aromatic heterocycles. The number of alkyl halides is 1. The number of hydrogen-bond acceptors (Lipinski definition) is 3. The van der Waals surface area contributed by atoms with Crippen LogP contribution in [-0.4, -0.2) is 39.5 Å². The van der Waals surface area contributed by atoms with Gasteiger partial charge in [-0.1, -0.05) is 21.1 Å². The molecule has 0 aromatic carbocycles. The molecule has 0 radical (unpaired) electrons. The third-order valence-corrected chi connectivity index (χ3v) is 3.49. The van der Waals surface area contributed by atoms with Gasteiger partial charge in [0.2, 0.25) is 0 Å². The van der Waals surface area contributed by atoms with E-state index in [0.717, 1.165) is 12.2 Å². The predicted molar refractivity (Wildman–Crippen MR) is 67.7 cm³/mol. The normalized spacial score (nSPS) is 19.1. The molecule has 5 heteroatoms. The van der Waals surface area contributed by atoms with Gasteiger partial charge in [-0.25, -0.2) is 0 Å². The molecular weight excluding hydrogens is 268 g/mol. The van der Waals surface area contributed by atoms with Crippen LogP contribution >= 0.6 is 15.9 Å². The first kappa shape index (κ1) is 12.0. The lowest BCUT2D eigenvalue weighted by Gasteiger charge is -2.13. The standard InChI is InChI=1S/C11H19BrN4/c1-10(12)11-9-16(14-13-11)8-4-7-15-5-2-3-6-15/h9-10H,2-8H2,1H3. The Kier molecular flexibility index (Phi) is 4.35. The van der Waals surface area contributed by atoms with Crippen LogP contribution in [-0.2, 0) is 6.54 Å². The van der Waals surface area contributed by atoms with Gasteiger partial charge >= 0.3 is 0 Å². The second-order valence-electron chi connectivity index (χ2n) is 4.42. The Balaban J connectivity index is 1.72. The van der Waals surface area contributed by atoms with Crippen LogP contribution in [0.5, 0.6) is 0 Å². The summed E-state index contributed by atoms with van der Waals surface area (Å²) in [7, 11) is 0. The molecule has 0 spiro atoms. The van der Waals surface area contributed by atoms with Gasteiger partial charge in [-0.2, -0.15) is 0 Å². The molecule has 90 valence electrons. The number of nitrogens with zero attached hydrogens (tertiary/aromatic N) is 4. The molecule has 1 aliphatic rings. The lowest BCUT2D eigenvalue weighted by Crippen LogP contribution is -2.21. The van der Waals surface area contributed by atoms with Crippen LogP contribution in [0.3, 0.4) is 0 Å². The van der Waals surface area contributed by atoms with Crippen LogP contribution in [0.15, 0.2) is 6.20 Å². The SMILES string of the molecule is CC(Br)c1cn(CCCN2CCCC2)nn1. The minimum atomic E-state index is 0.292. The average molecular weight is 287 g/mol. The minimum Gasteiger partial charge on any atom is -0.303 e. The van der Waals surface area contributed by atoms with Crippen molar-refractivity contribution in [3.05, 3.63) is 11.9 Å². The van der Waals surface area contributed by atoms with E-state index >= 15 is 0 Å². The summed E-state index contributed by atoms with van der Waals surface area (Å²) in [4.78, 5) is 2.82. The Labute approximate surface area is 105 Å². The van der Waals surface area contributed by atoms with Crippen molar-refractivity contribution in [3.63, 3.8) is 0 Å².